The van der Waals surface area contributed by atoms with Crippen molar-refractivity contribution >= 4 is 27.7 Å². The van der Waals surface area contributed by atoms with Gasteiger partial charge in [0.1, 0.15) is 10.6 Å². The van der Waals surface area contributed by atoms with Gasteiger partial charge in [-0.3, -0.25) is 9.59 Å². The molecule has 0 saturated heterocycles. The number of benzene rings is 2. The number of carbonyl (C=O) groups excluding carboxylic acids is 2. The fourth-order valence-corrected chi connectivity index (χ4v) is 3.73. The van der Waals surface area contributed by atoms with Crippen LogP contribution in [0.5, 0.6) is 28.7 Å². The summed E-state index contributed by atoms with van der Waals surface area (Å²) in [5.74, 6) is 0.385. The van der Waals surface area contributed by atoms with Crippen LogP contribution >= 0.6 is 15.9 Å². The zero-order valence-corrected chi connectivity index (χ0v) is 17.4. The van der Waals surface area contributed by atoms with Gasteiger partial charge in [-0.2, -0.15) is 0 Å². The van der Waals surface area contributed by atoms with Crippen LogP contribution in [0.1, 0.15) is 21.8 Å². The lowest BCUT2D eigenvalue weighted by atomic mass is 9.85. The van der Waals surface area contributed by atoms with Gasteiger partial charge in [0.25, 0.3) is 0 Å². The summed E-state index contributed by atoms with van der Waals surface area (Å²) in [7, 11) is 5.98. The highest BCUT2D eigenvalue weighted by Crippen LogP contribution is 2.45. The Balaban J connectivity index is 2.11. The van der Waals surface area contributed by atoms with E-state index >= 15 is 0 Å². The Morgan fingerprint density at radius 1 is 0.893 bits per heavy atom. The molecular formula is C20H19BrO7. The van der Waals surface area contributed by atoms with E-state index in [1.807, 2.05) is 0 Å². The average Bonchev–Trinajstić information content (AvgIpc) is 2.72. The van der Waals surface area contributed by atoms with Gasteiger partial charge < -0.3 is 23.7 Å². The highest BCUT2D eigenvalue weighted by Gasteiger charge is 2.42. The minimum atomic E-state index is -0.848. The second-order valence-corrected chi connectivity index (χ2v) is 6.97. The van der Waals surface area contributed by atoms with Gasteiger partial charge in [-0.25, -0.2) is 0 Å². The molecule has 0 unspecified atom stereocenters. The number of rotatable bonds is 6. The van der Waals surface area contributed by atoms with Crippen LogP contribution < -0.4 is 23.7 Å². The highest BCUT2D eigenvalue weighted by molar-refractivity contribution is 9.10. The SMILES string of the molecule is COc1ccc(C(=O)[C@@H]2c3cc(OC)c(OC)cc3OC(=O)[C@H]2Br)cc1OC. The number of ether oxygens (including phenoxy) is 5. The van der Waals surface area contributed by atoms with Crippen molar-refractivity contribution in [1.29, 1.82) is 0 Å². The van der Waals surface area contributed by atoms with Crippen molar-refractivity contribution in [1.82, 2.24) is 0 Å². The maximum absolute atomic E-state index is 13.3. The van der Waals surface area contributed by atoms with E-state index in [1.54, 1.807) is 30.3 Å². The predicted octanol–water partition coefficient (Wildman–Crippen LogP) is 3.37. The second-order valence-electron chi connectivity index (χ2n) is 5.98. The summed E-state index contributed by atoms with van der Waals surface area (Å²) in [6.07, 6.45) is 0. The molecule has 8 heteroatoms. The summed E-state index contributed by atoms with van der Waals surface area (Å²) >= 11 is 3.31. The van der Waals surface area contributed by atoms with Crippen molar-refractivity contribution in [2.75, 3.05) is 28.4 Å². The molecule has 2 aromatic carbocycles. The van der Waals surface area contributed by atoms with Crippen LogP contribution in [0.15, 0.2) is 30.3 Å². The molecule has 1 heterocycles. The van der Waals surface area contributed by atoms with Gasteiger partial charge >= 0.3 is 5.97 Å². The number of hydrogen-bond donors (Lipinski definition) is 0. The van der Waals surface area contributed by atoms with Gasteiger partial charge in [-0.05, 0) is 24.3 Å². The molecule has 2 aromatic rings. The zero-order chi connectivity index (χ0) is 20.4. The summed E-state index contributed by atoms with van der Waals surface area (Å²) in [4.78, 5) is 24.8. The third-order valence-corrected chi connectivity index (χ3v) is 5.43. The number of esters is 1. The Hall–Kier alpha value is -2.74. The molecule has 148 valence electrons. The molecule has 2 atom stereocenters. The van der Waals surface area contributed by atoms with E-state index in [-0.39, 0.29) is 11.5 Å². The Labute approximate surface area is 170 Å². The number of ketones is 1. The lowest BCUT2D eigenvalue weighted by molar-refractivity contribution is -0.134. The lowest BCUT2D eigenvalue weighted by Gasteiger charge is -2.28. The Morgan fingerprint density at radius 2 is 1.46 bits per heavy atom. The topological polar surface area (TPSA) is 80.3 Å². The van der Waals surface area contributed by atoms with E-state index in [9.17, 15) is 9.59 Å². The van der Waals surface area contributed by atoms with Crippen molar-refractivity contribution in [3.05, 3.63) is 41.5 Å². The predicted molar refractivity (Wildman–Crippen MR) is 105 cm³/mol. The van der Waals surface area contributed by atoms with Crippen LogP contribution in [0.25, 0.3) is 0 Å². The van der Waals surface area contributed by atoms with E-state index in [4.69, 9.17) is 23.7 Å². The molecule has 28 heavy (non-hydrogen) atoms. The highest BCUT2D eigenvalue weighted by atomic mass is 79.9. The molecule has 0 spiro atoms. The number of hydrogen-bond acceptors (Lipinski definition) is 7. The van der Waals surface area contributed by atoms with Crippen LogP contribution in [0.3, 0.4) is 0 Å². The van der Waals surface area contributed by atoms with Crippen molar-refractivity contribution in [3.8, 4) is 28.7 Å². The minimum Gasteiger partial charge on any atom is -0.493 e. The molecule has 0 bridgehead atoms. The molecule has 0 saturated carbocycles. The van der Waals surface area contributed by atoms with Crippen LogP contribution in [0.4, 0.5) is 0 Å². The summed E-state index contributed by atoms with van der Waals surface area (Å²) in [6, 6.07) is 8.05. The van der Waals surface area contributed by atoms with E-state index < -0.39 is 16.7 Å². The normalized spacial score (nSPS) is 18.0. The van der Waals surface area contributed by atoms with Gasteiger partial charge in [-0.1, -0.05) is 15.9 Å². The van der Waals surface area contributed by atoms with Gasteiger partial charge in [-0.15, -0.1) is 0 Å². The third kappa shape index (κ3) is 3.40. The van der Waals surface area contributed by atoms with E-state index in [2.05, 4.69) is 15.9 Å². The summed E-state index contributed by atoms with van der Waals surface area (Å²) in [5.41, 5.74) is 0.904. The number of methoxy groups -OCH3 is 4. The molecule has 3 rings (SSSR count). The molecule has 0 N–H and O–H groups in total. The standard InChI is InChI=1S/C20H19BrO7/c1-24-12-6-5-10(7-14(12)25-2)19(22)17-11-8-15(26-3)16(27-4)9-13(11)28-20(23)18(17)21/h5-9,17-18H,1-4H3/t17-,18+/m1/s1. The number of carbonyl (C=O) groups is 2. The molecule has 0 amide bonds. The largest absolute Gasteiger partial charge is 0.493 e. The maximum atomic E-state index is 13.3. The first-order chi connectivity index (χ1) is 13.4. The number of halogens is 1. The quantitative estimate of drug-likeness (QED) is 0.288. The molecule has 0 aromatic heterocycles. The molecule has 1 aliphatic rings. The first kappa shape index (κ1) is 20.0. The molecule has 1 aliphatic heterocycles. The number of fused-ring (bicyclic) bond motifs is 1. The zero-order valence-electron chi connectivity index (χ0n) is 15.8. The van der Waals surface area contributed by atoms with Crippen LogP contribution in [0.2, 0.25) is 0 Å². The summed E-state index contributed by atoms with van der Waals surface area (Å²) < 4.78 is 26.5. The van der Waals surface area contributed by atoms with Gasteiger partial charge in [0.15, 0.2) is 28.8 Å². The molecule has 0 radical (unpaired) electrons. The van der Waals surface area contributed by atoms with Gasteiger partial charge in [0.05, 0.1) is 34.4 Å². The van der Waals surface area contributed by atoms with Crippen LogP contribution in [0, 0.1) is 0 Å². The Morgan fingerprint density at radius 3 is 2.07 bits per heavy atom. The van der Waals surface area contributed by atoms with E-state index in [0.717, 1.165) is 0 Å². The Kier molecular flexibility index (Phi) is 5.79. The average molecular weight is 451 g/mol. The minimum absolute atomic E-state index is 0.261. The summed E-state index contributed by atoms with van der Waals surface area (Å²) in [5, 5.41) is 0. The van der Waals surface area contributed by atoms with Crippen LogP contribution in [-0.4, -0.2) is 45.0 Å². The van der Waals surface area contributed by atoms with Crippen molar-refractivity contribution in [3.63, 3.8) is 0 Å². The smallest absolute Gasteiger partial charge is 0.326 e. The molecule has 0 aliphatic carbocycles. The molecule has 0 fully saturated rings. The fourth-order valence-electron chi connectivity index (χ4n) is 3.11. The van der Waals surface area contributed by atoms with Crippen molar-refractivity contribution < 1.29 is 33.3 Å². The number of Topliss-reactive ketones (excluding diaryl/α,β-unsaturated/α-hetero) is 1. The Bertz CT molecular complexity index is 925. The first-order valence-corrected chi connectivity index (χ1v) is 9.24. The van der Waals surface area contributed by atoms with E-state index in [1.165, 1.54) is 28.4 Å². The second kappa shape index (κ2) is 8.10. The summed E-state index contributed by atoms with van der Waals surface area (Å²) in [6.45, 7) is 0. The lowest BCUT2D eigenvalue weighted by Crippen LogP contribution is -2.36. The van der Waals surface area contributed by atoms with Gasteiger partial charge in [0.2, 0.25) is 0 Å². The maximum Gasteiger partial charge on any atom is 0.326 e. The monoisotopic (exact) mass is 450 g/mol. The van der Waals surface area contributed by atoms with E-state index in [0.29, 0.717) is 34.1 Å². The van der Waals surface area contributed by atoms with Crippen molar-refractivity contribution in [2.45, 2.75) is 10.7 Å². The molecular weight excluding hydrogens is 432 g/mol. The molecule has 7 nitrogen and oxygen atoms in total. The van der Waals surface area contributed by atoms with Gasteiger partial charge in [0, 0.05) is 17.2 Å². The third-order valence-electron chi connectivity index (χ3n) is 4.53. The number of alkyl halides is 1. The fraction of sp³-hybridized carbons (Fsp3) is 0.300. The van der Waals surface area contributed by atoms with Crippen LogP contribution in [-0.2, 0) is 4.79 Å². The van der Waals surface area contributed by atoms with Crippen molar-refractivity contribution in [2.24, 2.45) is 0 Å². The first-order valence-electron chi connectivity index (χ1n) is 8.33.